The van der Waals surface area contributed by atoms with Gasteiger partial charge in [0.2, 0.25) is 0 Å². The Morgan fingerprint density at radius 2 is 1.71 bits per heavy atom. The van der Waals surface area contributed by atoms with E-state index in [1.54, 1.807) is 30.3 Å². The van der Waals surface area contributed by atoms with Crippen molar-refractivity contribution >= 4 is 37.3 Å². The summed E-state index contributed by atoms with van der Waals surface area (Å²) in [5.41, 5.74) is 3.48. The van der Waals surface area contributed by atoms with Crippen molar-refractivity contribution in [3.63, 3.8) is 0 Å². The molecule has 2 aromatic carbocycles. The lowest BCUT2D eigenvalue weighted by atomic mass is 10.3. The molecule has 0 saturated heterocycles. The Hall–Kier alpha value is -1.77. The first-order valence-corrected chi connectivity index (χ1v) is 8.17. The van der Waals surface area contributed by atoms with Crippen molar-refractivity contribution in [1.82, 2.24) is 0 Å². The lowest BCUT2D eigenvalue weighted by Gasteiger charge is -2.10. The van der Waals surface area contributed by atoms with Crippen LogP contribution in [0.3, 0.4) is 0 Å². The number of halogens is 1. The van der Waals surface area contributed by atoms with Gasteiger partial charge in [0.15, 0.2) is 0 Å². The lowest BCUT2D eigenvalue weighted by Crippen LogP contribution is -2.13. The van der Waals surface area contributed by atoms with Crippen LogP contribution in [-0.2, 0) is 10.0 Å². The van der Waals surface area contributed by atoms with Crippen LogP contribution in [0.2, 0.25) is 0 Å². The highest BCUT2D eigenvalue weighted by Crippen LogP contribution is 2.29. The third-order valence-corrected chi connectivity index (χ3v) is 4.79. The van der Waals surface area contributed by atoms with Gasteiger partial charge in [-0.3, -0.25) is 10.6 Å². The summed E-state index contributed by atoms with van der Waals surface area (Å²) in [6, 6.07) is 11.0. The van der Waals surface area contributed by atoms with Crippen molar-refractivity contribution in [3.8, 4) is 5.75 Å². The van der Waals surface area contributed by atoms with Gasteiger partial charge in [-0.2, -0.15) is 0 Å². The zero-order chi connectivity index (χ0) is 15.5. The van der Waals surface area contributed by atoms with E-state index in [9.17, 15) is 8.42 Å². The zero-order valence-electron chi connectivity index (χ0n) is 11.1. The molecule has 0 bridgehead atoms. The van der Waals surface area contributed by atoms with Crippen LogP contribution in [0.15, 0.2) is 51.8 Å². The first-order valence-electron chi connectivity index (χ1n) is 5.89. The number of nitrogen functional groups attached to an aromatic ring is 1. The maximum atomic E-state index is 12.3. The average molecular weight is 372 g/mol. The number of hydrogen-bond acceptors (Lipinski definition) is 5. The van der Waals surface area contributed by atoms with Crippen LogP contribution in [0.1, 0.15) is 0 Å². The normalized spacial score (nSPS) is 11.0. The Kier molecular flexibility index (Phi) is 4.71. The molecule has 21 heavy (non-hydrogen) atoms. The maximum absolute atomic E-state index is 12.3. The largest absolute Gasteiger partial charge is 0.495 e. The summed E-state index contributed by atoms with van der Waals surface area (Å²) in [6.45, 7) is 0. The fourth-order valence-electron chi connectivity index (χ4n) is 1.67. The first kappa shape index (κ1) is 15.6. The Morgan fingerprint density at radius 1 is 1.10 bits per heavy atom. The van der Waals surface area contributed by atoms with Crippen LogP contribution in [0.4, 0.5) is 11.4 Å². The van der Waals surface area contributed by atoms with Crippen molar-refractivity contribution in [3.05, 3.63) is 46.9 Å². The van der Waals surface area contributed by atoms with Crippen molar-refractivity contribution in [1.29, 1.82) is 0 Å². The molecule has 0 atom stereocenters. The molecule has 6 nitrogen and oxygen atoms in total. The van der Waals surface area contributed by atoms with Gasteiger partial charge in [0.1, 0.15) is 5.75 Å². The van der Waals surface area contributed by atoms with E-state index < -0.39 is 10.0 Å². The number of benzene rings is 2. The quantitative estimate of drug-likeness (QED) is 0.554. The van der Waals surface area contributed by atoms with Crippen molar-refractivity contribution in [2.45, 2.75) is 4.90 Å². The van der Waals surface area contributed by atoms with Gasteiger partial charge in [-0.15, -0.1) is 0 Å². The van der Waals surface area contributed by atoms with Gasteiger partial charge < -0.3 is 10.2 Å². The van der Waals surface area contributed by atoms with Gasteiger partial charge in [-0.05, 0) is 52.3 Å². The number of ether oxygens (including phenoxy) is 1. The molecule has 0 aliphatic carbocycles. The first-order chi connectivity index (χ1) is 9.96. The lowest BCUT2D eigenvalue weighted by molar-refractivity contribution is 0.412. The molecule has 112 valence electrons. The predicted molar refractivity (Wildman–Crippen MR) is 85.8 cm³/mol. The van der Waals surface area contributed by atoms with Crippen molar-refractivity contribution in [2.75, 3.05) is 17.3 Å². The summed E-state index contributed by atoms with van der Waals surface area (Å²) in [4.78, 5) is 0.142. The number of hydrazine groups is 1. The highest BCUT2D eigenvalue weighted by molar-refractivity contribution is 9.10. The smallest absolute Gasteiger partial charge is 0.261 e. The van der Waals surface area contributed by atoms with Crippen molar-refractivity contribution < 1.29 is 13.2 Å². The third kappa shape index (κ3) is 3.66. The predicted octanol–water partition coefficient (Wildman–Crippen LogP) is 2.54. The Balaban J connectivity index is 2.28. The van der Waals surface area contributed by atoms with E-state index >= 15 is 0 Å². The van der Waals surface area contributed by atoms with E-state index in [0.717, 1.165) is 4.47 Å². The Morgan fingerprint density at radius 3 is 2.29 bits per heavy atom. The second kappa shape index (κ2) is 6.33. The number of hydrogen-bond donors (Lipinski definition) is 3. The molecule has 8 heteroatoms. The van der Waals surface area contributed by atoms with E-state index in [0.29, 0.717) is 17.1 Å². The van der Waals surface area contributed by atoms with Gasteiger partial charge in [0.05, 0.1) is 22.2 Å². The molecule has 0 fully saturated rings. The van der Waals surface area contributed by atoms with Crippen LogP contribution in [0.5, 0.6) is 5.75 Å². The summed E-state index contributed by atoms with van der Waals surface area (Å²) in [6.07, 6.45) is 0. The highest BCUT2D eigenvalue weighted by atomic mass is 79.9. The highest BCUT2D eigenvalue weighted by Gasteiger charge is 2.14. The zero-order valence-corrected chi connectivity index (χ0v) is 13.5. The Labute approximate surface area is 131 Å². The average Bonchev–Trinajstić information content (AvgIpc) is 2.49. The van der Waals surface area contributed by atoms with E-state index in [-0.39, 0.29) is 4.90 Å². The molecular weight excluding hydrogens is 358 g/mol. The second-order valence-electron chi connectivity index (χ2n) is 4.12. The summed E-state index contributed by atoms with van der Waals surface area (Å²) >= 11 is 3.31. The molecule has 4 N–H and O–H groups in total. The van der Waals surface area contributed by atoms with Gasteiger partial charge >= 0.3 is 0 Å². The molecule has 0 amide bonds. The molecule has 2 aromatic rings. The molecule has 0 spiro atoms. The van der Waals surface area contributed by atoms with Gasteiger partial charge in [-0.1, -0.05) is 0 Å². The maximum Gasteiger partial charge on any atom is 0.261 e. The second-order valence-corrected chi connectivity index (χ2v) is 6.66. The fourth-order valence-corrected chi connectivity index (χ4v) is 3.13. The standard InChI is InChI=1S/C13H14BrN3O3S/c1-20-13-8-10(4-7-12(13)14)17-21(18,19)11-5-2-9(16-15)3-6-11/h2-8,16-17H,15H2,1H3. The minimum absolute atomic E-state index is 0.142. The molecule has 0 unspecified atom stereocenters. The number of nitrogens with two attached hydrogens (primary N) is 1. The van der Waals surface area contributed by atoms with E-state index in [2.05, 4.69) is 26.1 Å². The van der Waals surface area contributed by atoms with Gasteiger partial charge in [-0.25, -0.2) is 8.42 Å². The molecule has 0 aliphatic heterocycles. The SMILES string of the molecule is COc1cc(NS(=O)(=O)c2ccc(NN)cc2)ccc1Br. The minimum Gasteiger partial charge on any atom is -0.495 e. The van der Waals surface area contributed by atoms with Crippen LogP contribution in [0, 0.1) is 0 Å². The number of methoxy groups -OCH3 is 1. The molecule has 0 saturated carbocycles. The van der Waals surface area contributed by atoms with Crippen LogP contribution >= 0.6 is 15.9 Å². The van der Waals surface area contributed by atoms with Crippen molar-refractivity contribution in [2.24, 2.45) is 5.84 Å². The molecular formula is C13H14BrN3O3S. The summed E-state index contributed by atoms with van der Waals surface area (Å²) < 4.78 is 32.9. The monoisotopic (exact) mass is 371 g/mol. The molecule has 0 aromatic heterocycles. The molecule has 0 aliphatic rings. The molecule has 0 radical (unpaired) electrons. The number of sulfonamides is 1. The van der Waals surface area contributed by atoms with Crippen LogP contribution < -0.4 is 20.7 Å². The number of rotatable bonds is 5. The molecule has 2 rings (SSSR count). The van der Waals surface area contributed by atoms with E-state index in [1.807, 2.05) is 0 Å². The topological polar surface area (TPSA) is 93.4 Å². The third-order valence-electron chi connectivity index (χ3n) is 2.73. The summed E-state index contributed by atoms with van der Waals surface area (Å²) in [5, 5.41) is 0. The van der Waals surface area contributed by atoms with Crippen LogP contribution in [-0.4, -0.2) is 15.5 Å². The fraction of sp³-hybridized carbons (Fsp3) is 0.0769. The van der Waals surface area contributed by atoms with Gasteiger partial charge in [0, 0.05) is 11.8 Å². The summed E-state index contributed by atoms with van der Waals surface area (Å²) in [7, 11) is -2.15. The number of anilines is 2. The van der Waals surface area contributed by atoms with Gasteiger partial charge in [0.25, 0.3) is 10.0 Å². The van der Waals surface area contributed by atoms with E-state index in [4.69, 9.17) is 10.6 Å². The summed E-state index contributed by atoms with van der Waals surface area (Å²) in [5.74, 6) is 5.78. The van der Waals surface area contributed by atoms with Crippen LogP contribution in [0.25, 0.3) is 0 Å². The number of nitrogens with one attached hydrogen (secondary N) is 2. The van der Waals surface area contributed by atoms with E-state index in [1.165, 1.54) is 19.2 Å². The minimum atomic E-state index is -3.67. The molecule has 0 heterocycles. The Bertz CT molecular complexity index is 733.